The van der Waals surface area contributed by atoms with Crippen molar-refractivity contribution in [1.82, 2.24) is 0 Å². The Bertz CT molecular complexity index is 751. The van der Waals surface area contributed by atoms with Crippen molar-refractivity contribution in [3.63, 3.8) is 0 Å². The van der Waals surface area contributed by atoms with Crippen molar-refractivity contribution in [2.24, 2.45) is 0 Å². The van der Waals surface area contributed by atoms with Crippen molar-refractivity contribution in [2.45, 2.75) is 23.5 Å². The van der Waals surface area contributed by atoms with Crippen molar-refractivity contribution in [3.05, 3.63) is 59.7 Å². The van der Waals surface area contributed by atoms with E-state index >= 15 is 0 Å². The molecule has 0 radical (unpaired) electrons. The molecule has 0 saturated carbocycles. The van der Waals surface area contributed by atoms with E-state index in [4.69, 9.17) is 5.26 Å². The Morgan fingerprint density at radius 2 is 2.09 bits per heavy atom. The molecule has 1 unspecified atom stereocenters. The first-order valence-corrected chi connectivity index (χ1v) is 8.14. The van der Waals surface area contributed by atoms with Gasteiger partial charge in [-0.15, -0.1) is 11.8 Å². The highest BCUT2D eigenvalue weighted by molar-refractivity contribution is 8.00. The standard InChI is InChI=1S/C18H16N2OS/c1-13-9-10-20(16-7-2-3-8-17(16)22-13)18(21)15-6-4-5-14(11-15)12-19/h2-8,11,13H,9-10H2,1H3. The first-order chi connectivity index (χ1) is 10.7. The molecule has 3 nitrogen and oxygen atoms in total. The molecule has 1 aliphatic rings. The number of thioether (sulfide) groups is 1. The lowest BCUT2D eigenvalue weighted by Gasteiger charge is -2.22. The summed E-state index contributed by atoms with van der Waals surface area (Å²) < 4.78 is 0. The Kier molecular flexibility index (Phi) is 4.17. The third-order valence-electron chi connectivity index (χ3n) is 3.73. The van der Waals surface area contributed by atoms with Gasteiger partial charge in [0.15, 0.2) is 0 Å². The van der Waals surface area contributed by atoms with Gasteiger partial charge in [-0.1, -0.05) is 25.1 Å². The van der Waals surface area contributed by atoms with Crippen LogP contribution in [0.4, 0.5) is 5.69 Å². The number of carbonyl (C=O) groups is 1. The molecule has 3 rings (SSSR count). The molecule has 22 heavy (non-hydrogen) atoms. The van der Waals surface area contributed by atoms with Crippen LogP contribution < -0.4 is 4.90 Å². The quantitative estimate of drug-likeness (QED) is 0.797. The fourth-order valence-corrected chi connectivity index (χ4v) is 3.69. The van der Waals surface area contributed by atoms with E-state index in [2.05, 4.69) is 19.1 Å². The summed E-state index contributed by atoms with van der Waals surface area (Å²) >= 11 is 1.81. The molecule has 1 heterocycles. The zero-order valence-corrected chi connectivity index (χ0v) is 13.1. The molecule has 110 valence electrons. The van der Waals surface area contributed by atoms with Gasteiger partial charge in [0.05, 0.1) is 17.3 Å². The third kappa shape index (κ3) is 2.86. The summed E-state index contributed by atoms with van der Waals surface area (Å²) in [5.41, 5.74) is 2.04. The predicted molar refractivity (Wildman–Crippen MR) is 89.2 cm³/mol. The summed E-state index contributed by atoms with van der Waals surface area (Å²) in [6, 6.07) is 17.0. The van der Waals surface area contributed by atoms with Crippen LogP contribution in [0.3, 0.4) is 0 Å². The van der Waals surface area contributed by atoms with Crippen LogP contribution in [0.2, 0.25) is 0 Å². The van der Waals surface area contributed by atoms with Crippen LogP contribution >= 0.6 is 11.8 Å². The topological polar surface area (TPSA) is 44.1 Å². The average Bonchev–Trinajstić information content (AvgIpc) is 2.72. The molecule has 0 aromatic heterocycles. The van der Waals surface area contributed by atoms with Gasteiger partial charge < -0.3 is 4.90 Å². The van der Waals surface area contributed by atoms with E-state index in [1.165, 1.54) is 0 Å². The minimum absolute atomic E-state index is 0.0424. The van der Waals surface area contributed by atoms with Crippen LogP contribution in [0.25, 0.3) is 0 Å². The van der Waals surface area contributed by atoms with E-state index < -0.39 is 0 Å². The number of carbonyl (C=O) groups excluding carboxylic acids is 1. The van der Waals surface area contributed by atoms with E-state index in [9.17, 15) is 4.79 Å². The maximum atomic E-state index is 12.9. The van der Waals surface area contributed by atoms with Crippen molar-refractivity contribution < 1.29 is 4.79 Å². The lowest BCUT2D eigenvalue weighted by molar-refractivity contribution is 0.0986. The van der Waals surface area contributed by atoms with Gasteiger partial charge in [-0.05, 0) is 36.8 Å². The van der Waals surface area contributed by atoms with E-state index in [0.29, 0.717) is 22.9 Å². The summed E-state index contributed by atoms with van der Waals surface area (Å²) in [6.45, 7) is 2.88. The Morgan fingerprint density at radius 3 is 2.91 bits per heavy atom. The molecule has 4 heteroatoms. The molecule has 1 amide bonds. The number of hydrogen-bond donors (Lipinski definition) is 0. The van der Waals surface area contributed by atoms with Gasteiger partial charge in [0.2, 0.25) is 0 Å². The Balaban J connectivity index is 2.00. The number of amides is 1. The monoisotopic (exact) mass is 308 g/mol. The summed E-state index contributed by atoms with van der Waals surface area (Å²) in [5.74, 6) is -0.0424. The molecule has 0 saturated heterocycles. The number of nitrogens with zero attached hydrogens (tertiary/aromatic N) is 2. The largest absolute Gasteiger partial charge is 0.307 e. The van der Waals surface area contributed by atoms with Gasteiger partial charge in [-0.25, -0.2) is 0 Å². The van der Waals surface area contributed by atoms with Crippen LogP contribution in [-0.2, 0) is 0 Å². The number of para-hydroxylation sites is 1. The first-order valence-electron chi connectivity index (χ1n) is 7.27. The molecule has 1 atom stereocenters. The molecule has 1 aliphatic heterocycles. The smallest absolute Gasteiger partial charge is 0.258 e. The van der Waals surface area contributed by atoms with Gasteiger partial charge in [0.1, 0.15) is 0 Å². The SMILES string of the molecule is CC1CCN(C(=O)c2cccc(C#N)c2)c2ccccc2S1. The minimum Gasteiger partial charge on any atom is -0.307 e. The zero-order valence-electron chi connectivity index (χ0n) is 12.3. The fraction of sp³-hybridized carbons (Fsp3) is 0.222. The minimum atomic E-state index is -0.0424. The molecule has 2 aromatic rings. The van der Waals surface area contributed by atoms with Crippen LogP contribution in [-0.4, -0.2) is 17.7 Å². The Labute approximate surface area is 134 Å². The molecule has 0 spiro atoms. The second-order valence-corrected chi connectivity index (χ2v) is 6.81. The zero-order chi connectivity index (χ0) is 15.5. The highest BCUT2D eigenvalue weighted by Crippen LogP contribution is 2.37. The van der Waals surface area contributed by atoms with Crippen molar-refractivity contribution in [1.29, 1.82) is 5.26 Å². The van der Waals surface area contributed by atoms with Crippen molar-refractivity contribution in [3.8, 4) is 6.07 Å². The fourth-order valence-electron chi connectivity index (χ4n) is 2.58. The Hall–Kier alpha value is -2.25. The highest BCUT2D eigenvalue weighted by atomic mass is 32.2. The first kappa shape index (κ1) is 14.7. The second-order valence-electron chi connectivity index (χ2n) is 5.33. The summed E-state index contributed by atoms with van der Waals surface area (Å²) in [5, 5.41) is 9.49. The lowest BCUT2D eigenvalue weighted by atomic mass is 10.1. The molecule has 0 fully saturated rings. The molecular formula is C18H16N2OS. The maximum Gasteiger partial charge on any atom is 0.258 e. The number of fused-ring (bicyclic) bond motifs is 1. The van der Waals surface area contributed by atoms with Crippen molar-refractivity contribution >= 4 is 23.4 Å². The highest BCUT2D eigenvalue weighted by Gasteiger charge is 2.24. The normalized spacial score (nSPS) is 17.3. The van der Waals surface area contributed by atoms with E-state index in [-0.39, 0.29) is 5.91 Å². The molecule has 0 N–H and O–H groups in total. The number of benzene rings is 2. The lowest BCUT2D eigenvalue weighted by Crippen LogP contribution is -2.32. The van der Waals surface area contributed by atoms with E-state index in [1.807, 2.05) is 34.9 Å². The maximum absolute atomic E-state index is 12.9. The molecule has 2 aromatic carbocycles. The molecular weight excluding hydrogens is 292 g/mol. The van der Waals surface area contributed by atoms with Gasteiger partial charge in [0, 0.05) is 22.3 Å². The average molecular weight is 308 g/mol. The summed E-state index contributed by atoms with van der Waals surface area (Å²) in [4.78, 5) is 15.9. The number of nitriles is 1. The van der Waals surface area contributed by atoms with Crippen LogP contribution in [0, 0.1) is 11.3 Å². The van der Waals surface area contributed by atoms with Gasteiger partial charge >= 0.3 is 0 Å². The van der Waals surface area contributed by atoms with E-state index in [0.717, 1.165) is 17.0 Å². The summed E-state index contributed by atoms with van der Waals surface area (Å²) in [7, 11) is 0. The van der Waals surface area contributed by atoms with Crippen LogP contribution in [0.1, 0.15) is 29.3 Å². The number of hydrogen-bond acceptors (Lipinski definition) is 3. The van der Waals surface area contributed by atoms with E-state index in [1.54, 1.807) is 24.3 Å². The van der Waals surface area contributed by atoms with Gasteiger partial charge in [-0.2, -0.15) is 5.26 Å². The molecule has 0 bridgehead atoms. The summed E-state index contributed by atoms with van der Waals surface area (Å²) in [6.07, 6.45) is 0.947. The number of anilines is 1. The van der Waals surface area contributed by atoms with Crippen molar-refractivity contribution in [2.75, 3.05) is 11.4 Å². The second kappa shape index (κ2) is 6.25. The third-order valence-corrected chi connectivity index (χ3v) is 4.96. The van der Waals surface area contributed by atoms with Gasteiger partial charge in [-0.3, -0.25) is 4.79 Å². The van der Waals surface area contributed by atoms with Crippen LogP contribution in [0.15, 0.2) is 53.4 Å². The van der Waals surface area contributed by atoms with Gasteiger partial charge in [0.25, 0.3) is 5.91 Å². The number of rotatable bonds is 1. The molecule has 0 aliphatic carbocycles. The Morgan fingerprint density at radius 1 is 1.27 bits per heavy atom. The van der Waals surface area contributed by atoms with Crippen LogP contribution in [0.5, 0.6) is 0 Å². The predicted octanol–water partition coefficient (Wildman–Crippen LogP) is 4.09.